The molecule has 0 bridgehead atoms. The summed E-state index contributed by atoms with van der Waals surface area (Å²) in [4.78, 5) is 0. The molecule has 0 nitrogen and oxygen atoms in total. The average Bonchev–Trinajstić information content (AvgIpc) is 2.08. The molecule has 1 heteroatoms. The zero-order valence-electron chi connectivity index (χ0n) is 6.89. The van der Waals surface area contributed by atoms with Gasteiger partial charge in [0.25, 0.3) is 0 Å². The first-order chi connectivity index (χ1) is 4.91. The summed E-state index contributed by atoms with van der Waals surface area (Å²) < 4.78 is 0. The van der Waals surface area contributed by atoms with Crippen molar-refractivity contribution in [2.75, 3.05) is 0 Å². The minimum atomic E-state index is 0. The smallest absolute Gasteiger partial charge is 0.343 e. The van der Waals surface area contributed by atoms with Crippen LogP contribution in [-0.4, -0.2) is 0 Å². The van der Waals surface area contributed by atoms with Crippen molar-refractivity contribution in [3.05, 3.63) is 43.3 Å². The summed E-state index contributed by atoms with van der Waals surface area (Å²) in [5.74, 6) is 0. The van der Waals surface area contributed by atoms with Crippen molar-refractivity contribution in [3.8, 4) is 0 Å². The largest absolute Gasteiger partial charge is 2.00 e. The molecule has 0 atom stereocenters. The van der Waals surface area contributed by atoms with Crippen LogP contribution in [0, 0.1) is 13.0 Å². The van der Waals surface area contributed by atoms with Gasteiger partial charge in [-0.05, 0) is 0 Å². The Morgan fingerprint density at radius 1 is 1.18 bits per heavy atom. The fourth-order valence-corrected chi connectivity index (χ4v) is 0.342. The van der Waals surface area contributed by atoms with Crippen LogP contribution < -0.4 is 0 Å². The number of unbranched alkanes of at least 4 members (excludes halogenated alkanes) is 1. The summed E-state index contributed by atoms with van der Waals surface area (Å²) in [5.41, 5.74) is 0. The van der Waals surface area contributed by atoms with Crippen molar-refractivity contribution >= 4 is 0 Å². The zero-order valence-corrected chi connectivity index (χ0v) is 8.07. The Labute approximate surface area is 80.5 Å². The van der Waals surface area contributed by atoms with E-state index in [-0.39, 0.29) is 17.1 Å². The van der Waals surface area contributed by atoms with E-state index in [9.17, 15) is 0 Å². The van der Waals surface area contributed by atoms with Gasteiger partial charge < -0.3 is 6.92 Å². The van der Waals surface area contributed by atoms with Gasteiger partial charge in [-0.15, -0.1) is 0 Å². The van der Waals surface area contributed by atoms with Gasteiger partial charge in [-0.2, -0.15) is 42.8 Å². The Kier molecular flexibility index (Phi) is 15.1. The van der Waals surface area contributed by atoms with Crippen LogP contribution in [-0.2, 0) is 17.1 Å². The third-order valence-electron chi connectivity index (χ3n) is 0.961. The van der Waals surface area contributed by atoms with Crippen molar-refractivity contribution in [2.24, 2.45) is 0 Å². The maximum atomic E-state index is 3.60. The molecule has 0 saturated carbocycles. The maximum absolute atomic E-state index is 3.60. The first-order valence-electron chi connectivity index (χ1n) is 3.62. The van der Waals surface area contributed by atoms with Crippen LogP contribution in [0.5, 0.6) is 0 Å². The van der Waals surface area contributed by atoms with Gasteiger partial charge in [0.15, 0.2) is 0 Å². The zero-order chi connectivity index (χ0) is 7.66. The van der Waals surface area contributed by atoms with Crippen LogP contribution in [0.25, 0.3) is 0 Å². The molecule has 11 heavy (non-hydrogen) atoms. The molecular weight excluding hydrogens is 175 g/mol. The Hall–Kier alpha value is -0.261. The van der Waals surface area contributed by atoms with Gasteiger partial charge >= 0.3 is 17.1 Å². The van der Waals surface area contributed by atoms with Crippen molar-refractivity contribution in [2.45, 2.75) is 19.8 Å². The number of rotatable bonds is 1. The van der Waals surface area contributed by atoms with Crippen LogP contribution in [0.4, 0.5) is 0 Å². The van der Waals surface area contributed by atoms with Gasteiger partial charge in [0.1, 0.15) is 0 Å². The third-order valence-corrected chi connectivity index (χ3v) is 0.961. The van der Waals surface area contributed by atoms with Crippen LogP contribution >= 0.6 is 0 Å². The molecule has 0 aliphatic heterocycles. The average molecular weight is 189 g/mol. The van der Waals surface area contributed by atoms with Gasteiger partial charge in [0, 0.05) is 0 Å². The second-order valence-corrected chi connectivity index (χ2v) is 1.93. The maximum Gasteiger partial charge on any atom is 2.00 e. The van der Waals surface area contributed by atoms with Crippen LogP contribution in [0.3, 0.4) is 0 Å². The second kappa shape index (κ2) is 12.4. The number of hydrogen-bond donors (Lipinski definition) is 0. The minimum absolute atomic E-state index is 0. The van der Waals surface area contributed by atoms with Gasteiger partial charge in [-0.25, -0.2) is 0 Å². The molecule has 0 heterocycles. The van der Waals surface area contributed by atoms with E-state index in [1.807, 2.05) is 30.3 Å². The van der Waals surface area contributed by atoms with E-state index in [0.717, 1.165) is 6.42 Å². The van der Waals surface area contributed by atoms with Gasteiger partial charge in [-0.1, -0.05) is 13.3 Å². The molecule has 0 unspecified atom stereocenters. The number of benzene rings is 1. The summed E-state index contributed by atoms with van der Waals surface area (Å²) in [6.45, 7) is 5.72. The molecule has 1 aromatic rings. The standard InChI is InChI=1S/C6H5.C4H9.Mn/c1-2-4-6-5-3-1;1-3-4-2;/h1-5H;1,3-4H2,2H3;/q2*-1;+2. The van der Waals surface area contributed by atoms with Crippen molar-refractivity contribution in [1.29, 1.82) is 0 Å². The fourth-order valence-electron chi connectivity index (χ4n) is 0.342. The molecule has 0 aliphatic carbocycles. The Bertz CT molecular complexity index is 96.8. The molecule has 1 radical (unpaired) electrons. The summed E-state index contributed by atoms with van der Waals surface area (Å²) in [7, 11) is 0. The third kappa shape index (κ3) is 12.8. The van der Waals surface area contributed by atoms with Crippen LogP contribution in [0.2, 0.25) is 0 Å². The predicted octanol–water partition coefficient (Wildman–Crippen LogP) is 3.10. The molecule has 1 rings (SSSR count). The summed E-state index contributed by atoms with van der Waals surface area (Å²) in [6.07, 6.45) is 2.28. The topological polar surface area (TPSA) is 0 Å². The van der Waals surface area contributed by atoms with E-state index in [4.69, 9.17) is 0 Å². The molecule has 0 aromatic heterocycles. The minimum Gasteiger partial charge on any atom is -0.343 e. The van der Waals surface area contributed by atoms with E-state index in [1.54, 1.807) is 0 Å². The van der Waals surface area contributed by atoms with E-state index in [0.29, 0.717) is 0 Å². The predicted molar refractivity (Wildman–Crippen MR) is 45.5 cm³/mol. The quantitative estimate of drug-likeness (QED) is 0.470. The second-order valence-electron chi connectivity index (χ2n) is 1.93. The van der Waals surface area contributed by atoms with Crippen molar-refractivity contribution < 1.29 is 17.1 Å². The van der Waals surface area contributed by atoms with Crippen molar-refractivity contribution in [3.63, 3.8) is 0 Å². The van der Waals surface area contributed by atoms with E-state index < -0.39 is 0 Å². The first-order valence-corrected chi connectivity index (χ1v) is 3.62. The van der Waals surface area contributed by atoms with E-state index >= 15 is 0 Å². The molecule has 0 saturated heterocycles. The normalized spacial score (nSPS) is 7.09. The van der Waals surface area contributed by atoms with Crippen LogP contribution in [0.1, 0.15) is 19.8 Å². The molecule has 0 fully saturated rings. The molecular formula is C10H14Mn. The molecule has 0 spiro atoms. The molecule has 0 amide bonds. The monoisotopic (exact) mass is 189 g/mol. The molecule has 61 valence electrons. The SMILES string of the molecule is [CH2-]CCC.[Mn+2].[c-]1ccccc1. The number of hydrogen-bond acceptors (Lipinski definition) is 0. The van der Waals surface area contributed by atoms with E-state index in [2.05, 4.69) is 19.9 Å². The van der Waals surface area contributed by atoms with E-state index in [1.165, 1.54) is 6.42 Å². The first kappa shape index (κ1) is 13.3. The van der Waals surface area contributed by atoms with Crippen LogP contribution in [0.15, 0.2) is 30.3 Å². The fraction of sp³-hybridized carbons (Fsp3) is 0.300. The van der Waals surface area contributed by atoms with Crippen molar-refractivity contribution in [1.82, 2.24) is 0 Å². The molecule has 0 N–H and O–H groups in total. The summed E-state index contributed by atoms with van der Waals surface area (Å²) in [5, 5.41) is 0. The Balaban J connectivity index is 0. The summed E-state index contributed by atoms with van der Waals surface area (Å²) >= 11 is 0. The molecule has 0 aliphatic rings. The van der Waals surface area contributed by atoms with Gasteiger partial charge in [-0.3, -0.25) is 0 Å². The Morgan fingerprint density at radius 3 is 1.73 bits per heavy atom. The van der Waals surface area contributed by atoms with Gasteiger partial charge in [0.05, 0.1) is 0 Å². The van der Waals surface area contributed by atoms with Gasteiger partial charge in [0.2, 0.25) is 0 Å². The molecule has 1 aromatic carbocycles. The summed E-state index contributed by atoms with van der Waals surface area (Å²) in [6, 6.07) is 12.5. The Morgan fingerprint density at radius 2 is 1.64 bits per heavy atom.